The lowest BCUT2D eigenvalue weighted by molar-refractivity contribution is 0.0867. The van der Waals surface area contributed by atoms with Crippen molar-refractivity contribution in [3.63, 3.8) is 0 Å². The molecule has 0 saturated carbocycles. The molecule has 5 nitrogen and oxygen atoms in total. The molecule has 1 atom stereocenters. The Bertz CT molecular complexity index is 341. The lowest BCUT2D eigenvalue weighted by Gasteiger charge is -2.10. The number of rotatable bonds is 4. The molecule has 0 spiro atoms. The maximum Gasteiger partial charge on any atom is 0.272 e. The van der Waals surface area contributed by atoms with Gasteiger partial charge in [-0.1, -0.05) is 0 Å². The molecule has 3 N–H and O–H groups in total. The van der Waals surface area contributed by atoms with E-state index in [1.54, 1.807) is 19.2 Å². The maximum atomic E-state index is 11.6. The molecule has 0 radical (unpaired) electrons. The van der Waals surface area contributed by atoms with Crippen LogP contribution < -0.4 is 11.1 Å². The van der Waals surface area contributed by atoms with Crippen LogP contribution in [0.15, 0.2) is 18.3 Å². The Kier molecular flexibility index (Phi) is 4.05. The minimum Gasteiger partial charge on any atom is -0.397 e. The van der Waals surface area contributed by atoms with Gasteiger partial charge in [0, 0.05) is 19.9 Å². The Morgan fingerprint density at radius 2 is 2.47 bits per heavy atom. The van der Waals surface area contributed by atoms with Crippen molar-refractivity contribution in [2.24, 2.45) is 0 Å². The summed E-state index contributed by atoms with van der Waals surface area (Å²) in [6.07, 6.45) is 1.50. The number of hydrogen-bond acceptors (Lipinski definition) is 4. The lowest BCUT2D eigenvalue weighted by atomic mass is 10.3. The largest absolute Gasteiger partial charge is 0.397 e. The topological polar surface area (TPSA) is 77.2 Å². The Morgan fingerprint density at radius 1 is 1.73 bits per heavy atom. The second-order valence-electron chi connectivity index (χ2n) is 3.20. The van der Waals surface area contributed by atoms with Crippen LogP contribution in [0.3, 0.4) is 0 Å². The van der Waals surface area contributed by atoms with Crippen molar-refractivity contribution in [2.75, 3.05) is 19.4 Å². The van der Waals surface area contributed by atoms with Crippen LogP contribution in [0.1, 0.15) is 17.4 Å². The van der Waals surface area contributed by atoms with Crippen LogP contribution in [-0.4, -0.2) is 30.6 Å². The van der Waals surface area contributed by atoms with E-state index in [9.17, 15) is 4.79 Å². The molecule has 1 aromatic rings. The molecular formula is C10H15N3O2. The summed E-state index contributed by atoms with van der Waals surface area (Å²) in [7, 11) is 1.59. The van der Waals surface area contributed by atoms with Crippen molar-refractivity contribution < 1.29 is 9.53 Å². The quantitative estimate of drug-likeness (QED) is 0.753. The fourth-order valence-electron chi connectivity index (χ4n) is 1.01. The number of nitrogen functional groups attached to an aromatic ring is 1. The van der Waals surface area contributed by atoms with E-state index in [2.05, 4.69) is 10.3 Å². The molecule has 0 fully saturated rings. The minimum absolute atomic E-state index is 0.0288. The van der Waals surface area contributed by atoms with Crippen LogP contribution in [0.5, 0.6) is 0 Å². The Labute approximate surface area is 88.6 Å². The van der Waals surface area contributed by atoms with Gasteiger partial charge < -0.3 is 15.8 Å². The molecule has 0 saturated heterocycles. The average Bonchev–Trinajstić information content (AvgIpc) is 2.26. The number of anilines is 1. The van der Waals surface area contributed by atoms with Gasteiger partial charge >= 0.3 is 0 Å². The summed E-state index contributed by atoms with van der Waals surface area (Å²) in [5.41, 5.74) is 6.23. The van der Waals surface area contributed by atoms with Crippen molar-refractivity contribution in [3.05, 3.63) is 24.0 Å². The third kappa shape index (κ3) is 3.21. The van der Waals surface area contributed by atoms with Crippen LogP contribution in [0.2, 0.25) is 0 Å². The van der Waals surface area contributed by atoms with Crippen LogP contribution in [0.4, 0.5) is 5.69 Å². The smallest absolute Gasteiger partial charge is 0.272 e. The number of carbonyl (C=O) groups is 1. The lowest BCUT2D eigenvalue weighted by Crippen LogP contribution is -2.32. The number of pyridine rings is 1. The molecule has 1 heterocycles. The standard InChI is InChI=1S/C10H15N3O2/c1-7(15-2)6-13-10(14)9-8(11)4-3-5-12-9/h3-5,7H,6,11H2,1-2H3,(H,13,14). The van der Waals surface area contributed by atoms with Gasteiger partial charge in [-0.2, -0.15) is 0 Å². The van der Waals surface area contributed by atoms with Crippen molar-refractivity contribution in [3.8, 4) is 0 Å². The summed E-state index contributed by atoms with van der Waals surface area (Å²) < 4.78 is 5.00. The van der Waals surface area contributed by atoms with Gasteiger partial charge in [-0.15, -0.1) is 0 Å². The molecule has 1 unspecified atom stereocenters. The molecule has 0 aliphatic heterocycles. The third-order valence-corrected chi connectivity index (χ3v) is 2.01. The first-order valence-corrected chi connectivity index (χ1v) is 4.66. The van der Waals surface area contributed by atoms with E-state index in [0.29, 0.717) is 12.2 Å². The monoisotopic (exact) mass is 209 g/mol. The van der Waals surface area contributed by atoms with Gasteiger partial charge in [-0.05, 0) is 19.1 Å². The summed E-state index contributed by atoms with van der Waals surface area (Å²) in [4.78, 5) is 15.5. The van der Waals surface area contributed by atoms with E-state index >= 15 is 0 Å². The zero-order valence-corrected chi connectivity index (χ0v) is 8.86. The Balaban J connectivity index is 2.58. The summed E-state index contributed by atoms with van der Waals surface area (Å²) in [6.45, 7) is 2.30. The maximum absolute atomic E-state index is 11.6. The molecule has 0 aromatic carbocycles. The number of nitrogens with zero attached hydrogens (tertiary/aromatic N) is 1. The zero-order valence-electron chi connectivity index (χ0n) is 8.86. The predicted molar refractivity (Wildman–Crippen MR) is 57.5 cm³/mol. The van der Waals surface area contributed by atoms with Crippen LogP contribution >= 0.6 is 0 Å². The van der Waals surface area contributed by atoms with Gasteiger partial charge in [0.05, 0.1) is 11.8 Å². The number of amides is 1. The molecule has 82 valence electrons. The SMILES string of the molecule is COC(C)CNC(=O)c1ncccc1N. The van der Waals surface area contributed by atoms with Gasteiger partial charge in [-0.25, -0.2) is 4.98 Å². The van der Waals surface area contributed by atoms with Crippen molar-refractivity contribution in [2.45, 2.75) is 13.0 Å². The molecule has 0 aliphatic rings. The fourth-order valence-corrected chi connectivity index (χ4v) is 1.01. The number of hydrogen-bond donors (Lipinski definition) is 2. The number of nitrogens with two attached hydrogens (primary N) is 1. The fraction of sp³-hybridized carbons (Fsp3) is 0.400. The molecule has 15 heavy (non-hydrogen) atoms. The van der Waals surface area contributed by atoms with Crippen LogP contribution in [-0.2, 0) is 4.74 Å². The Hall–Kier alpha value is -1.62. The van der Waals surface area contributed by atoms with E-state index in [1.807, 2.05) is 6.92 Å². The summed E-state index contributed by atoms with van der Waals surface area (Å²) >= 11 is 0. The van der Waals surface area contributed by atoms with Crippen LogP contribution in [0.25, 0.3) is 0 Å². The first-order chi connectivity index (χ1) is 7.15. The molecule has 5 heteroatoms. The van der Waals surface area contributed by atoms with Gasteiger partial charge in [0.15, 0.2) is 5.69 Å². The second kappa shape index (κ2) is 5.31. The Morgan fingerprint density at radius 3 is 3.07 bits per heavy atom. The second-order valence-corrected chi connectivity index (χ2v) is 3.20. The van der Waals surface area contributed by atoms with E-state index in [0.717, 1.165) is 0 Å². The number of methoxy groups -OCH3 is 1. The first kappa shape index (κ1) is 11.5. The van der Waals surface area contributed by atoms with E-state index in [1.165, 1.54) is 6.20 Å². The first-order valence-electron chi connectivity index (χ1n) is 4.66. The molecule has 1 amide bonds. The normalized spacial score (nSPS) is 12.1. The van der Waals surface area contributed by atoms with E-state index < -0.39 is 0 Å². The molecule has 0 bridgehead atoms. The van der Waals surface area contributed by atoms with Crippen molar-refractivity contribution >= 4 is 11.6 Å². The summed E-state index contributed by atoms with van der Waals surface area (Å²) in [5.74, 6) is -0.281. The highest BCUT2D eigenvalue weighted by atomic mass is 16.5. The summed E-state index contributed by atoms with van der Waals surface area (Å²) in [5, 5.41) is 2.68. The zero-order chi connectivity index (χ0) is 11.3. The molecular weight excluding hydrogens is 194 g/mol. The number of aromatic nitrogens is 1. The minimum atomic E-state index is -0.281. The third-order valence-electron chi connectivity index (χ3n) is 2.01. The summed E-state index contributed by atoms with van der Waals surface area (Å²) in [6, 6.07) is 3.32. The van der Waals surface area contributed by atoms with Crippen molar-refractivity contribution in [1.82, 2.24) is 10.3 Å². The highest BCUT2D eigenvalue weighted by molar-refractivity contribution is 5.96. The van der Waals surface area contributed by atoms with E-state index in [-0.39, 0.29) is 17.7 Å². The van der Waals surface area contributed by atoms with Crippen LogP contribution in [0, 0.1) is 0 Å². The highest BCUT2D eigenvalue weighted by Crippen LogP contribution is 2.06. The molecule has 1 rings (SSSR count). The van der Waals surface area contributed by atoms with Gasteiger partial charge in [0.25, 0.3) is 5.91 Å². The molecule has 1 aromatic heterocycles. The number of ether oxygens (including phenoxy) is 1. The number of carbonyl (C=O) groups excluding carboxylic acids is 1. The average molecular weight is 209 g/mol. The van der Waals surface area contributed by atoms with Gasteiger partial charge in [-0.3, -0.25) is 4.79 Å². The number of nitrogens with one attached hydrogen (secondary N) is 1. The van der Waals surface area contributed by atoms with E-state index in [4.69, 9.17) is 10.5 Å². The molecule has 0 aliphatic carbocycles. The highest BCUT2D eigenvalue weighted by Gasteiger charge is 2.11. The van der Waals surface area contributed by atoms with Gasteiger partial charge in [0.1, 0.15) is 0 Å². The van der Waals surface area contributed by atoms with Gasteiger partial charge in [0.2, 0.25) is 0 Å². The predicted octanol–water partition coefficient (Wildman–Crippen LogP) is 0.428. The van der Waals surface area contributed by atoms with Crippen molar-refractivity contribution in [1.29, 1.82) is 0 Å².